The second-order valence-electron chi connectivity index (χ2n) is 10.3. The Morgan fingerprint density at radius 3 is 2.64 bits per heavy atom. The predicted octanol–water partition coefficient (Wildman–Crippen LogP) is 2.83. The number of hydrogen-bond donors (Lipinski definition) is 2. The summed E-state index contributed by atoms with van der Waals surface area (Å²) in [4.78, 5) is 26.8. The first-order chi connectivity index (χ1) is 17.3. The van der Waals surface area contributed by atoms with Gasteiger partial charge in [-0.25, -0.2) is 4.98 Å². The number of rotatable bonds is 6. The van der Waals surface area contributed by atoms with E-state index in [1.807, 2.05) is 6.07 Å². The fraction of sp³-hybridized carbons (Fsp3) is 0.519. The van der Waals surface area contributed by atoms with Crippen molar-refractivity contribution < 1.29 is 9.00 Å². The summed E-state index contributed by atoms with van der Waals surface area (Å²) in [5.74, 6) is 2.05. The maximum Gasteiger partial charge on any atom is 0.227 e. The van der Waals surface area contributed by atoms with E-state index in [4.69, 9.17) is 9.97 Å². The van der Waals surface area contributed by atoms with Gasteiger partial charge in [-0.15, -0.1) is 0 Å². The number of anilines is 2. The molecule has 3 aliphatic heterocycles. The number of amides is 1. The third-order valence-electron chi connectivity index (χ3n) is 7.90. The molecule has 2 aromatic rings. The lowest BCUT2D eigenvalue weighted by molar-refractivity contribution is -0.119. The zero-order valence-corrected chi connectivity index (χ0v) is 22.1. The van der Waals surface area contributed by atoms with Gasteiger partial charge in [0.25, 0.3) is 0 Å². The zero-order chi connectivity index (χ0) is 25.3. The lowest BCUT2D eigenvalue weighted by atomic mass is 9.72. The van der Waals surface area contributed by atoms with Crippen molar-refractivity contribution in [1.82, 2.24) is 20.2 Å². The van der Waals surface area contributed by atoms with E-state index in [0.717, 1.165) is 73.8 Å². The molecule has 8 nitrogen and oxygen atoms in total. The maximum absolute atomic E-state index is 12.8. The molecule has 36 heavy (non-hydrogen) atoms. The van der Waals surface area contributed by atoms with Crippen LogP contribution >= 0.6 is 0 Å². The van der Waals surface area contributed by atoms with E-state index in [-0.39, 0.29) is 17.4 Å². The number of carbonyl (C=O) groups is 1. The van der Waals surface area contributed by atoms with Crippen molar-refractivity contribution in [1.29, 1.82) is 0 Å². The predicted molar refractivity (Wildman–Crippen MR) is 144 cm³/mol. The summed E-state index contributed by atoms with van der Waals surface area (Å²) in [5, 5.41) is 6.68. The van der Waals surface area contributed by atoms with Gasteiger partial charge in [0.2, 0.25) is 11.9 Å². The van der Waals surface area contributed by atoms with Crippen LogP contribution in [0.5, 0.6) is 0 Å². The van der Waals surface area contributed by atoms with Crippen molar-refractivity contribution in [3.05, 3.63) is 53.9 Å². The average molecular weight is 509 g/mol. The second-order valence-corrected chi connectivity index (χ2v) is 11.8. The van der Waals surface area contributed by atoms with Gasteiger partial charge >= 0.3 is 0 Å². The van der Waals surface area contributed by atoms with E-state index >= 15 is 0 Å². The Kier molecular flexibility index (Phi) is 7.01. The summed E-state index contributed by atoms with van der Waals surface area (Å²) in [5.41, 5.74) is 3.21. The summed E-state index contributed by atoms with van der Waals surface area (Å²) in [7, 11) is 1.00. The number of benzene rings is 1. The van der Waals surface area contributed by atoms with E-state index in [1.54, 1.807) is 6.92 Å². The van der Waals surface area contributed by atoms with Crippen molar-refractivity contribution in [2.24, 2.45) is 0 Å². The number of likely N-dealkylation sites (tertiary alicyclic amines) is 1. The van der Waals surface area contributed by atoms with Crippen LogP contribution in [0.2, 0.25) is 0 Å². The number of hydrogen-bond acceptors (Lipinski definition) is 7. The molecule has 2 atom stereocenters. The molecule has 2 fully saturated rings. The third-order valence-corrected chi connectivity index (χ3v) is 9.36. The first kappa shape index (κ1) is 24.7. The molecule has 9 heteroatoms. The molecule has 0 bridgehead atoms. The van der Waals surface area contributed by atoms with Gasteiger partial charge in [0.05, 0.1) is 16.5 Å². The van der Waals surface area contributed by atoms with Crippen LogP contribution in [0.25, 0.3) is 0 Å². The SMILES string of the molecule is C=C1CC[C@H](Nc2nc(N3CCC(CNC(C)=O)(c4ccccc4)CC3)nc3c2S(=O)CC3)CN1C. The van der Waals surface area contributed by atoms with Crippen LogP contribution in [0.1, 0.15) is 43.9 Å². The number of carbonyl (C=O) groups excluding carboxylic acids is 1. The monoisotopic (exact) mass is 508 g/mol. The molecule has 1 unspecified atom stereocenters. The van der Waals surface area contributed by atoms with Crippen molar-refractivity contribution in [3.63, 3.8) is 0 Å². The highest BCUT2D eigenvalue weighted by molar-refractivity contribution is 7.85. The molecule has 2 saturated heterocycles. The van der Waals surface area contributed by atoms with Crippen LogP contribution in [0.3, 0.4) is 0 Å². The Bertz CT molecular complexity index is 1160. The maximum atomic E-state index is 12.8. The number of fused-ring (bicyclic) bond motifs is 1. The van der Waals surface area contributed by atoms with E-state index in [9.17, 15) is 9.00 Å². The second kappa shape index (κ2) is 10.2. The molecule has 0 spiro atoms. The quantitative estimate of drug-likeness (QED) is 0.620. The Balaban J connectivity index is 1.38. The molecule has 2 N–H and O–H groups in total. The largest absolute Gasteiger partial charge is 0.376 e. The Hall–Kier alpha value is -2.94. The number of piperidine rings is 2. The van der Waals surface area contributed by atoms with Crippen molar-refractivity contribution in [3.8, 4) is 0 Å². The summed E-state index contributed by atoms with van der Waals surface area (Å²) in [6.45, 7) is 8.77. The summed E-state index contributed by atoms with van der Waals surface area (Å²) in [6.07, 6.45) is 4.43. The highest BCUT2D eigenvalue weighted by Gasteiger charge is 2.38. The Labute approximate surface area is 216 Å². The Morgan fingerprint density at radius 1 is 1.19 bits per heavy atom. The Morgan fingerprint density at radius 2 is 1.94 bits per heavy atom. The van der Waals surface area contributed by atoms with Crippen molar-refractivity contribution in [2.75, 3.05) is 49.2 Å². The first-order valence-corrected chi connectivity index (χ1v) is 14.2. The zero-order valence-electron chi connectivity index (χ0n) is 21.3. The molecule has 3 aliphatic rings. The highest BCUT2D eigenvalue weighted by Crippen LogP contribution is 2.37. The fourth-order valence-electron chi connectivity index (χ4n) is 5.60. The molecular formula is C27H36N6O2S. The molecule has 4 heterocycles. The number of aryl methyl sites for hydroxylation is 1. The van der Waals surface area contributed by atoms with E-state index < -0.39 is 10.8 Å². The van der Waals surface area contributed by atoms with Crippen LogP contribution in [0.4, 0.5) is 11.8 Å². The topological polar surface area (TPSA) is 90.5 Å². The van der Waals surface area contributed by atoms with Gasteiger partial charge in [0.15, 0.2) is 0 Å². The van der Waals surface area contributed by atoms with E-state index in [0.29, 0.717) is 18.2 Å². The molecule has 1 aromatic heterocycles. The lowest BCUT2D eigenvalue weighted by Crippen LogP contribution is -2.49. The van der Waals surface area contributed by atoms with Gasteiger partial charge in [-0.2, -0.15) is 4.98 Å². The normalized spacial score (nSPS) is 23.3. The number of nitrogens with one attached hydrogen (secondary N) is 2. The lowest BCUT2D eigenvalue weighted by Gasteiger charge is -2.42. The average Bonchev–Trinajstić information content (AvgIpc) is 3.26. The summed E-state index contributed by atoms with van der Waals surface area (Å²) >= 11 is 0. The number of aromatic nitrogens is 2. The summed E-state index contributed by atoms with van der Waals surface area (Å²) < 4.78 is 12.8. The van der Waals surface area contributed by atoms with E-state index in [1.165, 1.54) is 5.56 Å². The molecular weight excluding hydrogens is 472 g/mol. The van der Waals surface area contributed by atoms with Crippen LogP contribution in [-0.4, -0.2) is 70.0 Å². The van der Waals surface area contributed by atoms with Crippen molar-refractivity contribution in [2.45, 2.75) is 55.4 Å². The fourth-order valence-corrected chi connectivity index (χ4v) is 6.92. The van der Waals surface area contributed by atoms with Gasteiger partial charge in [-0.05, 0) is 31.2 Å². The van der Waals surface area contributed by atoms with Crippen LogP contribution in [-0.2, 0) is 27.4 Å². The van der Waals surface area contributed by atoms with Crippen LogP contribution in [0.15, 0.2) is 47.5 Å². The third kappa shape index (κ3) is 4.98. The van der Waals surface area contributed by atoms with Gasteiger partial charge in [0.1, 0.15) is 10.7 Å². The standard InChI is InChI=1S/C27H36N6O2S/c1-19-9-10-22(17-32(19)3)29-25-24-23(11-16-36(24)35)30-26(31-25)33-14-12-27(13-15-33,18-28-20(2)34)21-7-5-4-6-8-21/h4-8,22H,1,9-18H2,2-3H3,(H,28,34)(H,29,30,31)/t22-,36?/m0/s1. The molecule has 1 aromatic carbocycles. The van der Waals surface area contributed by atoms with Crippen LogP contribution in [0, 0.1) is 0 Å². The van der Waals surface area contributed by atoms with Crippen molar-refractivity contribution >= 4 is 28.5 Å². The van der Waals surface area contributed by atoms with Crippen LogP contribution < -0.4 is 15.5 Å². The minimum atomic E-state index is -1.06. The molecule has 1 amide bonds. The minimum Gasteiger partial charge on any atom is -0.376 e. The smallest absolute Gasteiger partial charge is 0.227 e. The van der Waals surface area contributed by atoms with Gasteiger partial charge < -0.3 is 20.4 Å². The number of likely N-dealkylation sites (N-methyl/N-ethyl adjacent to an activating group) is 1. The van der Waals surface area contributed by atoms with Gasteiger partial charge in [-0.1, -0.05) is 36.9 Å². The minimum absolute atomic E-state index is 0.00431. The highest BCUT2D eigenvalue weighted by atomic mass is 32.2. The molecule has 0 saturated carbocycles. The van der Waals surface area contributed by atoms with Gasteiger partial charge in [-0.3, -0.25) is 9.00 Å². The molecule has 192 valence electrons. The van der Waals surface area contributed by atoms with E-state index in [2.05, 4.69) is 58.3 Å². The first-order valence-electron chi connectivity index (χ1n) is 12.8. The summed E-state index contributed by atoms with van der Waals surface area (Å²) in [6, 6.07) is 10.7. The van der Waals surface area contributed by atoms with Gasteiger partial charge in [0, 0.05) is 69.5 Å². The number of nitrogens with zero attached hydrogens (tertiary/aromatic N) is 4. The number of allylic oxidation sites excluding steroid dienone is 1. The molecule has 0 radical (unpaired) electrons. The molecule has 0 aliphatic carbocycles. The molecule has 5 rings (SSSR count).